The van der Waals surface area contributed by atoms with Crippen molar-refractivity contribution in [1.29, 1.82) is 0 Å². The molecule has 0 aliphatic rings. The lowest BCUT2D eigenvalue weighted by atomic mass is 10.0. The largest absolute Gasteiger partial charge is 0.354 e. The van der Waals surface area contributed by atoms with Crippen LogP contribution in [0, 0.1) is 0 Å². The summed E-state index contributed by atoms with van der Waals surface area (Å²) < 4.78 is 0. The number of nitrogens with zero attached hydrogens (tertiary/aromatic N) is 2. The van der Waals surface area contributed by atoms with E-state index in [1.54, 1.807) is 30.3 Å². The Morgan fingerprint density at radius 1 is 1.11 bits per heavy atom. The van der Waals surface area contributed by atoms with Gasteiger partial charge >= 0.3 is 0 Å². The Morgan fingerprint density at radius 3 is 2.54 bits per heavy atom. The number of benzene rings is 1. The third-order valence-corrected chi connectivity index (χ3v) is 4.28. The van der Waals surface area contributed by atoms with Crippen LogP contribution in [0.3, 0.4) is 0 Å². The fraction of sp³-hybridized carbons (Fsp3) is 0.105. The van der Waals surface area contributed by atoms with Crippen LogP contribution >= 0.6 is 11.6 Å². The fourth-order valence-electron chi connectivity index (χ4n) is 2.52. The topological polar surface area (TPSA) is 117 Å². The minimum Gasteiger partial charge on any atom is -0.354 e. The normalized spacial score (nSPS) is 10.4. The highest BCUT2D eigenvalue weighted by molar-refractivity contribution is 6.33. The first-order chi connectivity index (χ1) is 13.5. The Labute approximate surface area is 165 Å². The lowest BCUT2D eigenvalue weighted by molar-refractivity contribution is 0.0943. The number of hydrogen-bond donors (Lipinski definition) is 3. The van der Waals surface area contributed by atoms with Crippen LogP contribution in [0.1, 0.15) is 36.9 Å². The lowest BCUT2D eigenvalue weighted by Crippen LogP contribution is -2.23. The van der Waals surface area contributed by atoms with Gasteiger partial charge in [0.2, 0.25) is 0 Å². The molecule has 0 aliphatic carbocycles. The first-order valence-corrected chi connectivity index (χ1v) is 8.66. The predicted molar refractivity (Wildman–Crippen MR) is 104 cm³/mol. The van der Waals surface area contributed by atoms with Crippen LogP contribution < -0.4 is 10.6 Å². The predicted octanol–water partition coefficient (Wildman–Crippen LogP) is 2.50. The second kappa shape index (κ2) is 8.45. The number of anilines is 1. The molecule has 8 nitrogen and oxygen atoms in total. The number of Topliss-reactive ketones (excluding diaryl/α,β-unsaturated/α-hetero) is 1. The van der Waals surface area contributed by atoms with Crippen molar-refractivity contribution in [1.82, 2.24) is 20.3 Å². The van der Waals surface area contributed by atoms with E-state index in [1.807, 2.05) is 0 Å². The van der Waals surface area contributed by atoms with Crippen LogP contribution in [-0.4, -0.2) is 39.6 Å². The van der Waals surface area contributed by atoms with Gasteiger partial charge in [0, 0.05) is 31.5 Å². The van der Waals surface area contributed by atoms with E-state index in [1.165, 1.54) is 25.8 Å². The molecule has 2 heterocycles. The van der Waals surface area contributed by atoms with Crippen LogP contribution in [-0.2, 0) is 6.42 Å². The van der Waals surface area contributed by atoms with Crippen LogP contribution in [0.15, 0.2) is 49.1 Å². The van der Waals surface area contributed by atoms with E-state index in [0.29, 0.717) is 16.3 Å². The number of hydrogen-bond acceptors (Lipinski definition) is 5. The maximum atomic E-state index is 12.4. The van der Waals surface area contributed by atoms with Crippen molar-refractivity contribution in [3.8, 4) is 0 Å². The molecule has 0 saturated heterocycles. The van der Waals surface area contributed by atoms with Crippen LogP contribution in [0.4, 0.5) is 5.69 Å². The first-order valence-electron chi connectivity index (χ1n) is 8.28. The SMILES string of the molecule is CNC(=O)c1[nH]cnc1C(=O)Nc1ccc(CC(=O)c2cnccc2Cl)cc1. The van der Waals surface area contributed by atoms with Crippen molar-refractivity contribution in [3.63, 3.8) is 0 Å². The van der Waals surface area contributed by atoms with E-state index >= 15 is 0 Å². The number of imidazole rings is 1. The fourth-order valence-corrected chi connectivity index (χ4v) is 2.73. The van der Waals surface area contributed by atoms with Crippen molar-refractivity contribution < 1.29 is 14.4 Å². The van der Waals surface area contributed by atoms with Gasteiger partial charge in [-0.25, -0.2) is 4.98 Å². The minimum absolute atomic E-state index is 0.00942. The van der Waals surface area contributed by atoms with E-state index < -0.39 is 11.8 Å². The van der Waals surface area contributed by atoms with Crippen LogP contribution in [0.25, 0.3) is 0 Å². The third kappa shape index (κ3) is 4.24. The smallest absolute Gasteiger partial charge is 0.276 e. The molecule has 28 heavy (non-hydrogen) atoms. The molecule has 0 unspecified atom stereocenters. The van der Waals surface area contributed by atoms with E-state index in [2.05, 4.69) is 25.6 Å². The molecule has 0 radical (unpaired) electrons. The molecule has 1 aromatic carbocycles. The highest BCUT2D eigenvalue weighted by Gasteiger charge is 2.19. The molecule has 3 rings (SSSR count). The van der Waals surface area contributed by atoms with Gasteiger partial charge in [0.1, 0.15) is 5.69 Å². The Kier molecular flexibility index (Phi) is 5.81. The molecule has 142 valence electrons. The molecule has 0 spiro atoms. The van der Waals surface area contributed by atoms with Gasteiger partial charge in [-0.1, -0.05) is 23.7 Å². The number of rotatable bonds is 6. The van der Waals surface area contributed by atoms with Crippen molar-refractivity contribution in [2.75, 3.05) is 12.4 Å². The van der Waals surface area contributed by atoms with Crippen molar-refractivity contribution in [2.24, 2.45) is 0 Å². The van der Waals surface area contributed by atoms with E-state index in [0.717, 1.165) is 5.56 Å². The van der Waals surface area contributed by atoms with Gasteiger partial charge in [-0.2, -0.15) is 0 Å². The summed E-state index contributed by atoms with van der Waals surface area (Å²) in [5.74, 6) is -1.11. The van der Waals surface area contributed by atoms with Gasteiger partial charge in [0.25, 0.3) is 11.8 Å². The monoisotopic (exact) mass is 397 g/mol. The Balaban J connectivity index is 1.67. The first kappa shape index (κ1) is 19.2. The molecule has 0 aliphatic heterocycles. The van der Waals surface area contributed by atoms with E-state index in [4.69, 9.17) is 11.6 Å². The number of aromatic nitrogens is 3. The summed E-state index contributed by atoms with van der Waals surface area (Å²) in [6.45, 7) is 0. The number of halogens is 1. The van der Waals surface area contributed by atoms with Crippen molar-refractivity contribution in [3.05, 3.63) is 76.6 Å². The van der Waals surface area contributed by atoms with Gasteiger partial charge in [0.05, 0.1) is 16.9 Å². The zero-order valence-electron chi connectivity index (χ0n) is 14.8. The third-order valence-electron chi connectivity index (χ3n) is 3.95. The maximum absolute atomic E-state index is 12.4. The summed E-state index contributed by atoms with van der Waals surface area (Å²) in [4.78, 5) is 46.9. The summed E-state index contributed by atoms with van der Waals surface area (Å²) >= 11 is 6.02. The number of carbonyl (C=O) groups is 3. The molecule has 0 atom stereocenters. The van der Waals surface area contributed by atoms with E-state index in [-0.39, 0.29) is 23.6 Å². The zero-order valence-corrected chi connectivity index (χ0v) is 15.6. The molecule has 2 aromatic heterocycles. The number of nitrogens with one attached hydrogen (secondary N) is 3. The summed E-state index contributed by atoms with van der Waals surface area (Å²) in [6, 6.07) is 8.34. The van der Waals surface area contributed by atoms with Crippen LogP contribution in [0.5, 0.6) is 0 Å². The summed E-state index contributed by atoms with van der Waals surface area (Å²) in [6.07, 6.45) is 4.39. The van der Waals surface area contributed by atoms with Crippen molar-refractivity contribution >= 4 is 34.9 Å². The Morgan fingerprint density at radius 2 is 1.86 bits per heavy atom. The van der Waals surface area contributed by atoms with Gasteiger partial charge in [-0.15, -0.1) is 0 Å². The molecule has 0 saturated carbocycles. The molecule has 9 heteroatoms. The molecule has 3 aromatic rings. The molecule has 0 fully saturated rings. The summed E-state index contributed by atoms with van der Waals surface area (Å²) in [5, 5.41) is 5.46. The average molecular weight is 398 g/mol. The van der Waals surface area contributed by atoms with Crippen LogP contribution in [0.2, 0.25) is 5.02 Å². The number of H-pyrrole nitrogens is 1. The van der Waals surface area contributed by atoms with Gasteiger partial charge in [-0.05, 0) is 23.8 Å². The number of carbonyl (C=O) groups excluding carboxylic acids is 3. The standard InChI is InChI=1S/C19H16ClN5O3/c1-21-18(27)16-17(24-10-23-16)19(28)25-12-4-2-11(3-5-12)8-15(26)13-9-22-7-6-14(13)20/h2-7,9-10H,8H2,1H3,(H,21,27)(H,23,24)(H,25,28). The molecule has 2 amide bonds. The quantitative estimate of drug-likeness (QED) is 0.552. The number of ketones is 1. The molecular formula is C19H16ClN5O3. The summed E-state index contributed by atoms with van der Waals surface area (Å²) in [7, 11) is 1.46. The number of amides is 2. The zero-order chi connectivity index (χ0) is 20.1. The van der Waals surface area contributed by atoms with E-state index in [9.17, 15) is 14.4 Å². The number of aromatic amines is 1. The lowest BCUT2D eigenvalue weighted by Gasteiger charge is -2.07. The highest BCUT2D eigenvalue weighted by atomic mass is 35.5. The molecule has 3 N–H and O–H groups in total. The second-order valence-electron chi connectivity index (χ2n) is 5.81. The molecule has 0 bridgehead atoms. The molecular weight excluding hydrogens is 382 g/mol. The Bertz CT molecular complexity index is 1030. The number of pyridine rings is 1. The average Bonchev–Trinajstić information content (AvgIpc) is 3.19. The maximum Gasteiger partial charge on any atom is 0.276 e. The van der Waals surface area contributed by atoms with Gasteiger partial charge < -0.3 is 15.6 Å². The Hall–Kier alpha value is -3.52. The summed E-state index contributed by atoms with van der Waals surface area (Å²) in [5.41, 5.74) is 1.70. The second-order valence-corrected chi connectivity index (χ2v) is 6.22. The van der Waals surface area contributed by atoms with Crippen molar-refractivity contribution in [2.45, 2.75) is 6.42 Å². The highest BCUT2D eigenvalue weighted by Crippen LogP contribution is 2.18. The van der Waals surface area contributed by atoms with Gasteiger partial charge in [0.15, 0.2) is 11.5 Å². The van der Waals surface area contributed by atoms with Gasteiger partial charge in [-0.3, -0.25) is 19.4 Å². The minimum atomic E-state index is -0.522.